The highest BCUT2D eigenvalue weighted by Gasteiger charge is 2.49. The van der Waals surface area contributed by atoms with E-state index in [4.69, 9.17) is 0 Å². The lowest BCUT2D eigenvalue weighted by Gasteiger charge is -2.22. The molecule has 2 aromatic carbocycles. The van der Waals surface area contributed by atoms with Crippen LogP contribution in [0.15, 0.2) is 42.5 Å². The average Bonchev–Trinajstić information content (AvgIpc) is 2.93. The molecule has 0 radical (unpaired) electrons. The molecule has 1 unspecified atom stereocenters. The van der Waals surface area contributed by atoms with Crippen LogP contribution in [0.3, 0.4) is 0 Å². The quantitative estimate of drug-likeness (QED) is 0.388. The molecule has 3 rings (SSSR count). The Bertz CT molecular complexity index is 1040. The van der Waals surface area contributed by atoms with Crippen molar-refractivity contribution in [1.82, 2.24) is 10.2 Å². The van der Waals surface area contributed by atoms with Crippen molar-refractivity contribution in [3.63, 3.8) is 0 Å². The van der Waals surface area contributed by atoms with E-state index in [2.05, 4.69) is 15.4 Å². The Morgan fingerprint density at radius 3 is 2.50 bits per heavy atom. The molecule has 4 amide bonds. The lowest BCUT2D eigenvalue weighted by molar-refractivity contribution is -0.133. The Labute approximate surface area is 170 Å². The van der Waals surface area contributed by atoms with E-state index in [9.17, 15) is 28.7 Å². The predicted octanol–water partition coefficient (Wildman–Crippen LogP) is 1.72. The molecule has 1 saturated heterocycles. The van der Waals surface area contributed by atoms with Crippen LogP contribution >= 0.6 is 0 Å². The van der Waals surface area contributed by atoms with E-state index in [1.807, 2.05) is 0 Å². The molecule has 1 heterocycles. The van der Waals surface area contributed by atoms with Gasteiger partial charge in [0, 0.05) is 0 Å². The molecule has 1 atom stereocenters. The highest BCUT2D eigenvalue weighted by molar-refractivity contribution is 6.10. The number of anilines is 1. The van der Waals surface area contributed by atoms with Crippen LogP contribution in [-0.2, 0) is 19.9 Å². The third-order valence-electron chi connectivity index (χ3n) is 4.71. The smallest absolute Gasteiger partial charge is 0.341 e. The molecule has 156 valence electrons. The van der Waals surface area contributed by atoms with Crippen molar-refractivity contribution >= 4 is 29.5 Å². The molecule has 0 aliphatic carbocycles. The lowest BCUT2D eigenvalue weighted by atomic mass is 9.92. The number of nitrogens with zero attached hydrogens (tertiary/aromatic N) is 1. The van der Waals surface area contributed by atoms with E-state index >= 15 is 0 Å². The summed E-state index contributed by atoms with van der Waals surface area (Å²) < 4.78 is 17.7. The van der Waals surface area contributed by atoms with Crippen LogP contribution in [0.5, 0.6) is 5.75 Å². The first kappa shape index (κ1) is 20.8. The van der Waals surface area contributed by atoms with Crippen LogP contribution < -0.4 is 10.6 Å². The summed E-state index contributed by atoms with van der Waals surface area (Å²) in [4.78, 5) is 49.9. The molecule has 10 heteroatoms. The fourth-order valence-electron chi connectivity index (χ4n) is 3.07. The van der Waals surface area contributed by atoms with Gasteiger partial charge in [-0.3, -0.25) is 14.5 Å². The molecule has 9 nitrogen and oxygen atoms in total. The van der Waals surface area contributed by atoms with Gasteiger partial charge >= 0.3 is 12.0 Å². The zero-order valence-corrected chi connectivity index (χ0v) is 16.1. The number of carbonyl (C=O) groups excluding carboxylic acids is 4. The van der Waals surface area contributed by atoms with Crippen LogP contribution in [0.1, 0.15) is 22.8 Å². The number of carbonyl (C=O) groups is 4. The van der Waals surface area contributed by atoms with E-state index in [-0.39, 0.29) is 11.3 Å². The fourth-order valence-corrected chi connectivity index (χ4v) is 3.07. The number of phenolic OH excluding ortho intramolecular Hbond substituents is 1. The molecule has 3 N–H and O–H groups in total. The van der Waals surface area contributed by atoms with Crippen LogP contribution in [0.4, 0.5) is 14.9 Å². The molecular weight excluding hydrogens is 397 g/mol. The standard InChI is InChI=1S/C20H18FN3O6/c1-20(11-6-8-12(21)9-7-11)18(28)24(19(29)23-20)10-15(25)22-14-5-3-4-13(16(14)26)17(27)30-2/h3-9,26H,10H2,1-2H3,(H,22,25)(H,23,29). The van der Waals surface area contributed by atoms with Gasteiger partial charge in [-0.2, -0.15) is 0 Å². The third-order valence-corrected chi connectivity index (χ3v) is 4.71. The van der Waals surface area contributed by atoms with Crippen molar-refractivity contribution in [2.24, 2.45) is 0 Å². The minimum Gasteiger partial charge on any atom is -0.505 e. The van der Waals surface area contributed by atoms with Crippen molar-refractivity contribution in [3.8, 4) is 5.75 Å². The average molecular weight is 415 g/mol. The van der Waals surface area contributed by atoms with Crippen molar-refractivity contribution < 1.29 is 33.4 Å². The summed E-state index contributed by atoms with van der Waals surface area (Å²) in [6.45, 7) is 0.813. The number of halogens is 1. The molecule has 0 spiro atoms. The van der Waals surface area contributed by atoms with Gasteiger partial charge in [0.1, 0.15) is 23.5 Å². The number of benzene rings is 2. The maximum Gasteiger partial charge on any atom is 0.341 e. The number of amides is 4. The number of hydrogen-bond donors (Lipinski definition) is 3. The maximum atomic E-state index is 13.2. The molecule has 1 fully saturated rings. The Hall–Kier alpha value is -3.95. The number of esters is 1. The topological polar surface area (TPSA) is 125 Å². The number of methoxy groups -OCH3 is 1. The number of phenols is 1. The first-order valence-corrected chi connectivity index (χ1v) is 8.77. The van der Waals surface area contributed by atoms with Gasteiger partial charge in [0.15, 0.2) is 5.75 Å². The summed E-state index contributed by atoms with van der Waals surface area (Å²) in [5.41, 5.74) is -1.35. The molecule has 0 aromatic heterocycles. The second kappa shape index (κ2) is 7.82. The molecule has 0 saturated carbocycles. The van der Waals surface area contributed by atoms with Gasteiger partial charge in [0.25, 0.3) is 5.91 Å². The van der Waals surface area contributed by atoms with Gasteiger partial charge in [0.05, 0.1) is 12.8 Å². The van der Waals surface area contributed by atoms with Gasteiger partial charge < -0.3 is 20.5 Å². The Morgan fingerprint density at radius 2 is 1.87 bits per heavy atom. The van der Waals surface area contributed by atoms with Gasteiger partial charge in [-0.05, 0) is 36.8 Å². The summed E-state index contributed by atoms with van der Waals surface area (Å²) in [6.07, 6.45) is 0. The summed E-state index contributed by atoms with van der Waals surface area (Å²) >= 11 is 0. The molecule has 30 heavy (non-hydrogen) atoms. The summed E-state index contributed by atoms with van der Waals surface area (Å²) in [5, 5.41) is 15.0. The Morgan fingerprint density at radius 1 is 1.20 bits per heavy atom. The number of rotatable bonds is 5. The van der Waals surface area contributed by atoms with Crippen molar-refractivity contribution in [3.05, 3.63) is 59.4 Å². The largest absolute Gasteiger partial charge is 0.505 e. The van der Waals surface area contributed by atoms with Crippen LogP contribution in [0.25, 0.3) is 0 Å². The summed E-state index contributed by atoms with van der Waals surface area (Å²) in [7, 11) is 1.14. The predicted molar refractivity (Wildman–Crippen MR) is 102 cm³/mol. The summed E-state index contributed by atoms with van der Waals surface area (Å²) in [6, 6.07) is 8.33. The highest BCUT2D eigenvalue weighted by Crippen LogP contribution is 2.30. The van der Waals surface area contributed by atoms with Crippen LogP contribution in [0.2, 0.25) is 0 Å². The third kappa shape index (κ3) is 3.66. The minimum absolute atomic E-state index is 0.0868. The first-order valence-electron chi connectivity index (χ1n) is 8.77. The number of para-hydroxylation sites is 1. The van der Waals surface area contributed by atoms with E-state index < -0.39 is 47.5 Å². The Balaban J connectivity index is 1.76. The molecule has 2 aromatic rings. The zero-order chi connectivity index (χ0) is 22.1. The Kier molecular flexibility index (Phi) is 5.41. The zero-order valence-electron chi connectivity index (χ0n) is 16.1. The monoisotopic (exact) mass is 415 g/mol. The van der Waals surface area contributed by atoms with Crippen LogP contribution in [0, 0.1) is 5.82 Å². The fraction of sp³-hybridized carbons (Fsp3) is 0.200. The number of hydrogen-bond acceptors (Lipinski definition) is 6. The SMILES string of the molecule is COC(=O)c1cccc(NC(=O)CN2C(=O)NC(C)(c3ccc(F)cc3)C2=O)c1O. The van der Waals surface area contributed by atoms with E-state index in [0.29, 0.717) is 10.5 Å². The number of imide groups is 1. The first-order chi connectivity index (χ1) is 14.2. The summed E-state index contributed by atoms with van der Waals surface area (Å²) in [5.74, 6) is -3.27. The van der Waals surface area contributed by atoms with Crippen molar-refractivity contribution in [2.45, 2.75) is 12.5 Å². The van der Waals surface area contributed by atoms with E-state index in [1.165, 1.54) is 37.3 Å². The van der Waals surface area contributed by atoms with Crippen molar-refractivity contribution in [2.75, 3.05) is 19.0 Å². The van der Waals surface area contributed by atoms with Crippen LogP contribution in [-0.4, -0.2) is 47.5 Å². The molecular formula is C20H18FN3O6. The van der Waals surface area contributed by atoms with Crippen molar-refractivity contribution in [1.29, 1.82) is 0 Å². The van der Waals surface area contributed by atoms with E-state index in [0.717, 1.165) is 19.2 Å². The number of nitrogens with one attached hydrogen (secondary N) is 2. The van der Waals surface area contributed by atoms with Gasteiger partial charge in [0.2, 0.25) is 5.91 Å². The second-order valence-corrected chi connectivity index (χ2v) is 6.69. The van der Waals surface area contributed by atoms with Gasteiger partial charge in [-0.25, -0.2) is 14.0 Å². The van der Waals surface area contributed by atoms with E-state index in [1.54, 1.807) is 0 Å². The highest BCUT2D eigenvalue weighted by atomic mass is 19.1. The normalized spacial score (nSPS) is 18.2. The number of aromatic hydroxyl groups is 1. The molecule has 1 aliphatic heterocycles. The van der Waals surface area contributed by atoms with Gasteiger partial charge in [-0.15, -0.1) is 0 Å². The number of urea groups is 1. The maximum absolute atomic E-state index is 13.2. The lowest BCUT2D eigenvalue weighted by Crippen LogP contribution is -2.42. The molecule has 0 bridgehead atoms. The minimum atomic E-state index is -1.46. The second-order valence-electron chi connectivity index (χ2n) is 6.69. The number of ether oxygens (including phenoxy) is 1. The van der Waals surface area contributed by atoms with Gasteiger partial charge in [-0.1, -0.05) is 18.2 Å². The molecule has 1 aliphatic rings.